The molecule has 0 aromatic heterocycles. The highest BCUT2D eigenvalue weighted by atomic mass is 32.2. The molecule has 8 heteroatoms. The fourth-order valence-electron chi connectivity index (χ4n) is 3.54. The van der Waals surface area contributed by atoms with Crippen LogP contribution < -0.4 is 0 Å². The van der Waals surface area contributed by atoms with Gasteiger partial charge in [0.25, 0.3) is 0 Å². The number of alkyl halides is 3. The number of thioether (sulfide) groups is 1. The number of allylic oxidation sites excluding steroid dienone is 1. The molecule has 0 spiro atoms. The van der Waals surface area contributed by atoms with Gasteiger partial charge in [-0.3, -0.25) is 14.4 Å². The molecule has 1 fully saturated rings. The van der Waals surface area contributed by atoms with Gasteiger partial charge in [-0.05, 0) is 31.4 Å². The molecule has 4 nitrogen and oxygen atoms in total. The normalized spacial score (nSPS) is 18.8. The lowest BCUT2D eigenvalue weighted by atomic mass is 9.80. The predicted molar refractivity (Wildman–Crippen MR) is 109 cm³/mol. The Morgan fingerprint density at radius 3 is 2.33 bits per heavy atom. The van der Waals surface area contributed by atoms with Crippen molar-refractivity contribution in [3.05, 3.63) is 40.1 Å². The molecule has 0 atom stereocenters. The van der Waals surface area contributed by atoms with E-state index in [4.69, 9.17) is 0 Å². The third-order valence-electron chi connectivity index (χ3n) is 5.26. The van der Waals surface area contributed by atoms with Crippen molar-refractivity contribution in [2.45, 2.75) is 44.7 Å². The average Bonchev–Trinajstić information content (AvgIpc) is 3.45. The number of carbonyl (C=O) groups excluding carboxylic acids is 3. The highest BCUT2D eigenvalue weighted by Crippen LogP contribution is 2.48. The number of halogens is 3. The van der Waals surface area contributed by atoms with Crippen LogP contribution in [0.3, 0.4) is 0 Å². The van der Waals surface area contributed by atoms with Crippen LogP contribution in [0.25, 0.3) is 0 Å². The van der Waals surface area contributed by atoms with E-state index in [0.717, 1.165) is 0 Å². The van der Waals surface area contributed by atoms with Crippen LogP contribution in [0.5, 0.6) is 0 Å². The molecule has 0 amide bonds. The molecule has 2 aliphatic rings. The highest BCUT2D eigenvalue weighted by molar-refractivity contribution is 7.99. The zero-order chi connectivity index (χ0) is 22.6. The molecule has 0 N–H and O–H groups in total. The first-order valence-electron chi connectivity index (χ1n) is 9.65. The van der Waals surface area contributed by atoms with Crippen LogP contribution in [0.2, 0.25) is 0 Å². The van der Waals surface area contributed by atoms with Crippen molar-refractivity contribution in [3.63, 3.8) is 0 Å². The number of carbonyl (C=O) groups is 3. The van der Waals surface area contributed by atoms with E-state index in [1.54, 1.807) is 34.9 Å². The summed E-state index contributed by atoms with van der Waals surface area (Å²) in [7, 11) is 3.19. The van der Waals surface area contributed by atoms with Gasteiger partial charge < -0.3 is 4.90 Å². The van der Waals surface area contributed by atoms with Crippen molar-refractivity contribution in [3.8, 4) is 0 Å². The molecule has 162 valence electrons. The zero-order valence-corrected chi connectivity index (χ0v) is 18.4. The summed E-state index contributed by atoms with van der Waals surface area (Å²) in [5.41, 5.74) is -3.15. The Morgan fingerprint density at radius 2 is 1.83 bits per heavy atom. The van der Waals surface area contributed by atoms with Crippen molar-refractivity contribution in [1.29, 1.82) is 0 Å². The molecule has 0 radical (unpaired) electrons. The molecular weight excluding hydrogens is 415 g/mol. The maximum absolute atomic E-state index is 14.2. The number of hydrogen-bond acceptors (Lipinski definition) is 5. The van der Waals surface area contributed by atoms with Gasteiger partial charge >= 0.3 is 6.18 Å². The van der Waals surface area contributed by atoms with E-state index < -0.39 is 45.6 Å². The van der Waals surface area contributed by atoms with Crippen molar-refractivity contribution in [2.24, 2.45) is 11.3 Å². The first kappa shape index (κ1) is 22.6. The SMILES string of the molecule is Cc1cc(C(=O)C(=CN(C)C)C(=O)C2CC2)c(C(F)(F)F)c2c1SCC(C)(C)C2=O. The summed E-state index contributed by atoms with van der Waals surface area (Å²) in [6.45, 7) is 4.79. The van der Waals surface area contributed by atoms with Crippen molar-refractivity contribution in [1.82, 2.24) is 4.90 Å². The number of hydrogen-bond donors (Lipinski definition) is 0. The van der Waals surface area contributed by atoms with Gasteiger partial charge in [-0.1, -0.05) is 13.8 Å². The van der Waals surface area contributed by atoms with E-state index in [9.17, 15) is 27.6 Å². The van der Waals surface area contributed by atoms with Gasteiger partial charge in [0.1, 0.15) is 0 Å². The molecule has 1 heterocycles. The van der Waals surface area contributed by atoms with E-state index in [-0.39, 0.29) is 16.4 Å². The number of benzene rings is 1. The van der Waals surface area contributed by atoms with Gasteiger partial charge in [0.15, 0.2) is 17.3 Å². The van der Waals surface area contributed by atoms with Gasteiger partial charge in [-0.15, -0.1) is 11.8 Å². The summed E-state index contributed by atoms with van der Waals surface area (Å²) < 4.78 is 42.7. The van der Waals surface area contributed by atoms with Crippen LogP contribution in [0.4, 0.5) is 13.2 Å². The van der Waals surface area contributed by atoms with E-state index >= 15 is 0 Å². The average molecular weight is 439 g/mol. The first-order valence-corrected chi connectivity index (χ1v) is 10.6. The number of nitrogens with zero attached hydrogens (tertiary/aromatic N) is 1. The van der Waals surface area contributed by atoms with Crippen molar-refractivity contribution in [2.75, 3.05) is 19.8 Å². The molecule has 30 heavy (non-hydrogen) atoms. The summed E-state index contributed by atoms with van der Waals surface area (Å²) in [4.78, 5) is 40.7. The maximum Gasteiger partial charge on any atom is 0.417 e. The molecular formula is C22H24F3NO3S. The highest BCUT2D eigenvalue weighted by Gasteiger charge is 2.47. The number of ketones is 3. The molecule has 0 saturated heterocycles. The van der Waals surface area contributed by atoms with E-state index in [1.807, 2.05) is 0 Å². The Balaban J connectivity index is 2.28. The second-order valence-electron chi connectivity index (χ2n) is 8.79. The lowest BCUT2D eigenvalue weighted by Gasteiger charge is -2.32. The predicted octanol–water partition coefficient (Wildman–Crippen LogP) is 4.94. The first-order chi connectivity index (χ1) is 13.8. The summed E-state index contributed by atoms with van der Waals surface area (Å²) in [6, 6.07) is 1.17. The molecule has 1 aliphatic heterocycles. The lowest BCUT2D eigenvalue weighted by molar-refractivity contribution is -0.138. The molecule has 1 aromatic carbocycles. The van der Waals surface area contributed by atoms with Crippen LogP contribution in [0, 0.1) is 18.3 Å². The largest absolute Gasteiger partial charge is 0.417 e. The van der Waals surface area contributed by atoms with Crippen LogP contribution in [-0.4, -0.2) is 42.1 Å². The number of rotatable bonds is 5. The molecule has 1 aliphatic carbocycles. The second kappa shape index (κ2) is 7.55. The fraction of sp³-hybridized carbons (Fsp3) is 0.500. The minimum atomic E-state index is -4.92. The topological polar surface area (TPSA) is 54.5 Å². The molecule has 1 aromatic rings. The monoisotopic (exact) mass is 439 g/mol. The van der Waals surface area contributed by atoms with E-state index in [2.05, 4.69) is 0 Å². The Bertz CT molecular complexity index is 973. The summed E-state index contributed by atoms with van der Waals surface area (Å²) in [5, 5.41) is 0. The Labute approximate surface area is 177 Å². The van der Waals surface area contributed by atoms with Gasteiger partial charge in [-0.2, -0.15) is 13.2 Å². The molecule has 1 saturated carbocycles. The molecule has 0 unspecified atom stereocenters. The number of Topliss-reactive ketones (excluding diaryl/α,β-unsaturated/α-hetero) is 3. The Morgan fingerprint density at radius 1 is 1.23 bits per heavy atom. The smallest absolute Gasteiger partial charge is 0.383 e. The third kappa shape index (κ3) is 4.06. The minimum Gasteiger partial charge on any atom is -0.383 e. The molecule has 0 bridgehead atoms. The second-order valence-corrected chi connectivity index (χ2v) is 9.78. The van der Waals surface area contributed by atoms with E-state index in [0.29, 0.717) is 24.2 Å². The van der Waals surface area contributed by atoms with Crippen molar-refractivity contribution >= 4 is 29.1 Å². The quantitative estimate of drug-likeness (QED) is 0.282. The zero-order valence-electron chi connectivity index (χ0n) is 17.6. The van der Waals surface area contributed by atoms with Gasteiger partial charge in [-0.25, -0.2) is 0 Å². The fourth-order valence-corrected chi connectivity index (χ4v) is 4.80. The minimum absolute atomic E-state index is 0.259. The summed E-state index contributed by atoms with van der Waals surface area (Å²) >= 11 is 1.20. The van der Waals surface area contributed by atoms with Crippen LogP contribution in [0.15, 0.2) is 22.7 Å². The number of fused-ring (bicyclic) bond motifs is 1. The van der Waals surface area contributed by atoms with Crippen LogP contribution in [0.1, 0.15) is 58.5 Å². The standard InChI is InChI=1S/C22H24F3NO3S/c1-11-8-13(18(28)14(9-26(4)5)17(27)12-6-7-12)16(22(23,24)25)15-19(11)30-10-21(2,3)20(15)29/h8-9,12H,6-7,10H2,1-5H3. The van der Waals surface area contributed by atoms with Gasteiger partial charge in [0.2, 0.25) is 0 Å². The molecule has 3 rings (SSSR count). The van der Waals surface area contributed by atoms with E-state index in [1.165, 1.54) is 28.9 Å². The summed E-state index contributed by atoms with van der Waals surface area (Å²) in [6.07, 6.45) is -2.40. The summed E-state index contributed by atoms with van der Waals surface area (Å²) in [5.74, 6) is -2.04. The van der Waals surface area contributed by atoms with Crippen molar-refractivity contribution < 1.29 is 27.6 Å². The lowest BCUT2D eigenvalue weighted by Crippen LogP contribution is -2.34. The maximum atomic E-state index is 14.2. The Kier molecular flexibility index (Phi) is 5.69. The van der Waals surface area contributed by atoms with Gasteiger partial charge in [0, 0.05) is 53.4 Å². The third-order valence-corrected chi connectivity index (χ3v) is 6.94. The van der Waals surface area contributed by atoms with Crippen LogP contribution >= 0.6 is 11.8 Å². The van der Waals surface area contributed by atoms with Gasteiger partial charge in [0.05, 0.1) is 11.1 Å². The number of aryl methyl sites for hydroxylation is 1. The van der Waals surface area contributed by atoms with Crippen LogP contribution in [-0.2, 0) is 11.0 Å². The Hall–Kier alpha value is -2.09.